The van der Waals surface area contributed by atoms with Crippen molar-refractivity contribution < 1.29 is 0 Å². The minimum absolute atomic E-state index is 0.634. The Morgan fingerprint density at radius 2 is 1.91 bits per heavy atom. The molecule has 1 heterocycles. The van der Waals surface area contributed by atoms with Gasteiger partial charge in [0.05, 0.1) is 5.69 Å². The van der Waals surface area contributed by atoms with Crippen molar-refractivity contribution in [3.63, 3.8) is 0 Å². The first-order chi connectivity index (χ1) is 10.7. The SMILES string of the molecule is C=CCNc1cc(-c2ccccc2)nc(NCCN(C)C)n1. The van der Waals surface area contributed by atoms with Crippen molar-refractivity contribution in [1.29, 1.82) is 0 Å². The number of nitrogens with zero attached hydrogens (tertiary/aromatic N) is 3. The number of hydrogen-bond donors (Lipinski definition) is 2. The summed E-state index contributed by atoms with van der Waals surface area (Å²) >= 11 is 0. The zero-order valence-corrected chi connectivity index (χ0v) is 13.2. The van der Waals surface area contributed by atoms with Crippen molar-refractivity contribution in [2.75, 3.05) is 44.4 Å². The van der Waals surface area contributed by atoms with Crippen LogP contribution < -0.4 is 10.6 Å². The summed E-state index contributed by atoms with van der Waals surface area (Å²) < 4.78 is 0. The monoisotopic (exact) mass is 297 g/mol. The highest BCUT2D eigenvalue weighted by molar-refractivity contribution is 5.64. The molecule has 1 aromatic heterocycles. The van der Waals surface area contributed by atoms with E-state index in [1.165, 1.54) is 0 Å². The van der Waals surface area contributed by atoms with Crippen LogP contribution >= 0.6 is 0 Å². The highest BCUT2D eigenvalue weighted by Gasteiger charge is 2.06. The zero-order valence-electron chi connectivity index (χ0n) is 13.2. The highest BCUT2D eigenvalue weighted by atomic mass is 15.2. The molecular weight excluding hydrogens is 274 g/mol. The number of benzene rings is 1. The van der Waals surface area contributed by atoms with Gasteiger partial charge in [-0.15, -0.1) is 6.58 Å². The average Bonchev–Trinajstić information content (AvgIpc) is 2.53. The number of likely N-dealkylation sites (N-methyl/N-ethyl adjacent to an activating group) is 1. The quantitative estimate of drug-likeness (QED) is 0.734. The normalized spacial score (nSPS) is 10.5. The van der Waals surface area contributed by atoms with Gasteiger partial charge in [0.1, 0.15) is 5.82 Å². The van der Waals surface area contributed by atoms with E-state index in [0.717, 1.165) is 30.2 Å². The number of rotatable bonds is 8. The summed E-state index contributed by atoms with van der Waals surface area (Å²) in [4.78, 5) is 11.2. The maximum absolute atomic E-state index is 4.60. The van der Waals surface area contributed by atoms with E-state index in [0.29, 0.717) is 12.5 Å². The molecule has 0 saturated heterocycles. The fourth-order valence-corrected chi connectivity index (χ4v) is 1.94. The molecule has 0 saturated carbocycles. The van der Waals surface area contributed by atoms with E-state index in [4.69, 9.17) is 0 Å². The van der Waals surface area contributed by atoms with E-state index < -0.39 is 0 Å². The Morgan fingerprint density at radius 3 is 2.59 bits per heavy atom. The predicted molar refractivity (Wildman–Crippen MR) is 93.2 cm³/mol. The minimum atomic E-state index is 0.634. The van der Waals surface area contributed by atoms with E-state index in [9.17, 15) is 0 Å². The van der Waals surface area contributed by atoms with Crippen molar-refractivity contribution in [2.45, 2.75) is 0 Å². The molecule has 0 atom stereocenters. The Hall–Kier alpha value is -2.40. The Bertz CT molecular complexity index is 595. The molecule has 0 fully saturated rings. The third-order valence-corrected chi connectivity index (χ3v) is 3.07. The zero-order chi connectivity index (χ0) is 15.8. The average molecular weight is 297 g/mol. The van der Waals surface area contributed by atoms with Gasteiger partial charge in [0.15, 0.2) is 0 Å². The van der Waals surface area contributed by atoms with Gasteiger partial charge in [-0.1, -0.05) is 36.4 Å². The lowest BCUT2D eigenvalue weighted by Crippen LogP contribution is -2.21. The summed E-state index contributed by atoms with van der Waals surface area (Å²) in [5, 5.41) is 6.50. The third kappa shape index (κ3) is 4.86. The summed E-state index contributed by atoms with van der Waals surface area (Å²) in [5.74, 6) is 1.43. The first kappa shape index (κ1) is 16.0. The molecule has 0 unspecified atom stereocenters. The molecule has 0 spiro atoms. The van der Waals surface area contributed by atoms with Gasteiger partial charge in [0.25, 0.3) is 0 Å². The van der Waals surface area contributed by atoms with Crippen LogP contribution in [0.2, 0.25) is 0 Å². The largest absolute Gasteiger partial charge is 0.366 e. The standard InChI is InChI=1S/C17H23N5/c1-4-10-18-16-13-15(14-8-6-5-7-9-14)20-17(21-16)19-11-12-22(2)3/h4-9,13H,1,10-12H2,2-3H3,(H2,18,19,20,21). The lowest BCUT2D eigenvalue weighted by atomic mass is 10.1. The van der Waals surface area contributed by atoms with E-state index >= 15 is 0 Å². The molecule has 5 nitrogen and oxygen atoms in total. The molecule has 2 rings (SSSR count). The van der Waals surface area contributed by atoms with Gasteiger partial charge < -0.3 is 15.5 Å². The molecule has 2 N–H and O–H groups in total. The second-order valence-corrected chi connectivity index (χ2v) is 5.23. The maximum Gasteiger partial charge on any atom is 0.225 e. The number of anilines is 2. The minimum Gasteiger partial charge on any atom is -0.366 e. The van der Waals surface area contributed by atoms with Gasteiger partial charge in [0.2, 0.25) is 5.95 Å². The Morgan fingerprint density at radius 1 is 1.14 bits per heavy atom. The van der Waals surface area contributed by atoms with Crippen LogP contribution in [0.15, 0.2) is 49.1 Å². The van der Waals surface area contributed by atoms with E-state index in [2.05, 4.69) is 32.1 Å². The third-order valence-electron chi connectivity index (χ3n) is 3.07. The molecule has 0 radical (unpaired) electrons. The van der Waals surface area contributed by atoms with Crippen LogP contribution in [0.4, 0.5) is 11.8 Å². The van der Waals surface area contributed by atoms with E-state index in [1.54, 1.807) is 0 Å². The summed E-state index contributed by atoms with van der Waals surface area (Å²) in [6.45, 7) is 6.11. The number of hydrogen-bond acceptors (Lipinski definition) is 5. The predicted octanol–water partition coefficient (Wildman–Crippen LogP) is 2.72. The topological polar surface area (TPSA) is 53.1 Å². The summed E-state index contributed by atoms with van der Waals surface area (Å²) in [6.07, 6.45) is 1.81. The Balaban J connectivity index is 2.22. The maximum atomic E-state index is 4.60. The number of aromatic nitrogens is 2. The second kappa shape index (κ2) is 8.14. The van der Waals surface area contributed by atoms with Crippen LogP contribution in [0.5, 0.6) is 0 Å². The molecule has 5 heteroatoms. The molecule has 0 amide bonds. The molecule has 2 aromatic rings. The lowest BCUT2D eigenvalue weighted by molar-refractivity contribution is 0.425. The van der Waals surface area contributed by atoms with Crippen LogP contribution in [-0.2, 0) is 0 Å². The van der Waals surface area contributed by atoms with Crippen LogP contribution in [0.25, 0.3) is 11.3 Å². The fourth-order valence-electron chi connectivity index (χ4n) is 1.94. The molecule has 1 aromatic carbocycles. The van der Waals surface area contributed by atoms with Crippen molar-refractivity contribution in [3.05, 3.63) is 49.1 Å². The molecular formula is C17H23N5. The first-order valence-corrected chi connectivity index (χ1v) is 7.37. The van der Waals surface area contributed by atoms with Crippen molar-refractivity contribution in [3.8, 4) is 11.3 Å². The summed E-state index contributed by atoms with van der Waals surface area (Å²) in [7, 11) is 4.08. The van der Waals surface area contributed by atoms with Gasteiger partial charge in [-0.2, -0.15) is 4.98 Å². The molecule has 22 heavy (non-hydrogen) atoms. The van der Waals surface area contributed by atoms with Crippen molar-refractivity contribution in [2.24, 2.45) is 0 Å². The van der Waals surface area contributed by atoms with Crippen LogP contribution in [-0.4, -0.2) is 48.6 Å². The van der Waals surface area contributed by atoms with Crippen LogP contribution in [0.1, 0.15) is 0 Å². The van der Waals surface area contributed by atoms with Crippen molar-refractivity contribution >= 4 is 11.8 Å². The van der Waals surface area contributed by atoms with Crippen LogP contribution in [0, 0.1) is 0 Å². The van der Waals surface area contributed by atoms with Crippen molar-refractivity contribution in [1.82, 2.24) is 14.9 Å². The van der Waals surface area contributed by atoms with Gasteiger partial charge >= 0.3 is 0 Å². The Labute approximate surface area is 132 Å². The summed E-state index contributed by atoms with van der Waals surface area (Å²) in [5.41, 5.74) is 1.97. The molecule has 0 aliphatic rings. The smallest absolute Gasteiger partial charge is 0.225 e. The first-order valence-electron chi connectivity index (χ1n) is 7.37. The van der Waals surface area contributed by atoms with Gasteiger partial charge in [-0.25, -0.2) is 4.98 Å². The molecule has 0 aliphatic carbocycles. The molecule has 0 aliphatic heterocycles. The van der Waals surface area contributed by atoms with Gasteiger partial charge in [0, 0.05) is 31.3 Å². The highest BCUT2D eigenvalue weighted by Crippen LogP contribution is 2.21. The van der Waals surface area contributed by atoms with Gasteiger partial charge in [-0.3, -0.25) is 0 Å². The molecule has 0 bridgehead atoms. The van der Waals surface area contributed by atoms with E-state index in [-0.39, 0.29) is 0 Å². The van der Waals surface area contributed by atoms with E-state index in [1.807, 2.05) is 56.6 Å². The Kier molecular flexibility index (Phi) is 5.91. The number of nitrogens with one attached hydrogen (secondary N) is 2. The summed E-state index contributed by atoms with van der Waals surface area (Å²) in [6, 6.07) is 12.1. The lowest BCUT2D eigenvalue weighted by Gasteiger charge is -2.13. The fraction of sp³-hybridized carbons (Fsp3) is 0.294. The van der Waals surface area contributed by atoms with Crippen LogP contribution in [0.3, 0.4) is 0 Å². The molecule has 116 valence electrons. The van der Waals surface area contributed by atoms with Gasteiger partial charge in [-0.05, 0) is 14.1 Å². The second-order valence-electron chi connectivity index (χ2n) is 5.23.